The standard InChI is InChI=1S/C19H19N5O2/c25-19(15-6-2-1-3-7-15)24-10-4-5-14(13-24)11-17-22-18(23-26-17)16-12-20-8-9-21-16/h1-3,6-9,12,14H,4-5,10-11,13H2/t14-/m1/s1. The number of hydrogen-bond acceptors (Lipinski definition) is 6. The summed E-state index contributed by atoms with van der Waals surface area (Å²) in [4.78, 5) is 27.2. The van der Waals surface area contributed by atoms with E-state index >= 15 is 0 Å². The van der Waals surface area contributed by atoms with E-state index in [0.717, 1.165) is 24.9 Å². The van der Waals surface area contributed by atoms with Crippen LogP contribution in [-0.2, 0) is 6.42 Å². The minimum absolute atomic E-state index is 0.0843. The number of rotatable bonds is 4. The predicted molar refractivity (Wildman–Crippen MR) is 94.1 cm³/mol. The predicted octanol–water partition coefficient (Wildman–Crippen LogP) is 2.62. The van der Waals surface area contributed by atoms with Crippen LogP contribution in [0, 0.1) is 5.92 Å². The van der Waals surface area contributed by atoms with Crippen molar-refractivity contribution in [2.24, 2.45) is 5.92 Å². The van der Waals surface area contributed by atoms with E-state index in [1.54, 1.807) is 18.6 Å². The van der Waals surface area contributed by atoms with Crippen LogP contribution >= 0.6 is 0 Å². The molecule has 7 nitrogen and oxygen atoms in total. The summed E-state index contributed by atoms with van der Waals surface area (Å²) in [7, 11) is 0. The molecule has 1 fully saturated rings. The Kier molecular flexibility index (Phi) is 4.68. The first-order valence-electron chi connectivity index (χ1n) is 8.73. The number of carbonyl (C=O) groups excluding carboxylic acids is 1. The second kappa shape index (κ2) is 7.43. The van der Waals surface area contributed by atoms with Crippen LogP contribution in [0.25, 0.3) is 11.5 Å². The number of piperidine rings is 1. The number of nitrogens with zero attached hydrogens (tertiary/aromatic N) is 5. The van der Waals surface area contributed by atoms with Crippen LogP contribution in [0.15, 0.2) is 53.4 Å². The van der Waals surface area contributed by atoms with E-state index < -0.39 is 0 Å². The van der Waals surface area contributed by atoms with Gasteiger partial charge in [0.1, 0.15) is 5.69 Å². The van der Waals surface area contributed by atoms with Crippen LogP contribution in [0.4, 0.5) is 0 Å². The molecule has 1 atom stereocenters. The third kappa shape index (κ3) is 3.61. The van der Waals surface area contributed by atoms with Crippen molar-refractivity contribution in [3.8, 4) is 11.5 Å². The lowest BCUT2D eigenvalue weighted by atomic mass is 9.94. The van der Waals surface area contributed by atoms with Gasteiger partial charge in [-0.05, 0) is 30.9 Å². The SMILES string of the molecule is O=C(c1ccccc1)N1CCC[C@H](Cc2nc(-c3cnccn3)no2)C1. The van der Waals surface area contributed by atoms with Gasteiger partial charge in [0.15, 0.2) is 0 Å². The van der Waals surface area contributed by atoms with Crippen molar-refractivity contribution in [2.45, 2.75) is 19.3 Å². The van der Waals surface area contributed by atoms with Gasteiger partial charge in [-0.2, -0.15) is 4.98 Å². The van der Waals surface area contributed by atoms with Gasteiger partial charge in [0, 0.05) is 37.5 Å². The molecule has 4 rings (SSSR count). The summed E-state index contributed by atoms with van der Waals surface area (Å²) in [6.45, 7) is 1.50. The van der Waals surface area contributed by atoms with Crippen molar-refractivity contribution in [1.29, 1.82) is 0 Å². The second-order valence-electron chi connectivity index (χ2n) is 6.43. The highest BCUT2D eigenvalue weighted by atomic mass is 16.5. The number of benzene rings is 1. The fourth-order valence-corrected chi connectivity index (χ4v) is 3.28. The van der Waals surface area contributed by atoms with E-state index in [1.165, 1.54) is 0 Å². The van der Waals surface area contributed by atoms with Crippen LogP contribution in [0.3, 0.4) is 0 Å². The Morgan fingerprint density at radius 2 is 2.12 bits per heavy atom. The molecule has 0 radical (unpaired) electrons. The van der Waals surface area contributed by atoms with Gasteiger partial charge in [-0.25, -0.2) is 4.98 Å². The monoisotopic (exact) mass is 349 g/mol. The van der Waals surface area contributed by atoms with E-state index in [2.05, 4.69) is 20.1 Å². The molecular weight excluding hydrogens is 330 g/mol. The summed E-state index contributed by atoms with van der Waals surface area (Å²) in [5, 5.41) is 3.98. The van der Waals surface area contributed by atoms with Crippen molar-refractivity contribution < 1.29 is 9.32 Å². The first-order valence-corrected chi connectivity index (χ1v) is 8.73. The summed E-state index contributed by atoms with van der Waals surface area (Å²) in [5.41, 5.74) is 1.32. The summed E-state index contributed by atoms with van der Waals surface area (Å²) >= 11 is 0. The highest BCUT2D eigenvalue weighted by molar-refractivity contribution is 5.94. The van der Waals surface area contributed by atoms with Gasteiger partial charge in [-0.3, -0.25) is 9.78 Å². The van der Waals surface area contributed by atoms with Gasteiger partial charge in [0.25, 0.3) is 5.91 Å². The third-order valence-electron chi connectivity index (χ3n) is 4.55. The molecule has 1 saturated heterocycles. The molecule has 0 unspecified atom stereocenters. The maximum Gasteiger partial charge on any atom is 0.253 e. The zero-order chi connectivity index (χ0) is 17.8. The van der Waals surface area contributed by atoms with Crippen molar-refractivity contribution >= 4 is 5.91 Å². The van der Waals surface area contributed by atoms with E-state index in [0.29, 0.717) is 36.3 Å². The maximum absolute atomic E-state index is 12.6. The summed E-state index contributed by atoms with van der Waals surface area (Å²) < 4.78 is 5.37. The average Bonchev–Trinajstić information content (AvgIpc) is 3.17. The van der Waals surface area contributed by atoms with Crippen molar-refractivity contribution in [2.75, 3.05) is 13.1 Å². The number of likely N-dealkylation sites (tertiary alicyclic amines) is 1. The van der Waals surface area contributed by atoms with Crippen LogP contribution in [-0.4, -0.2) is 44.0 Å². The first-order chi connectivity index (χ1) is 12.8. The lowest BCUT2D eigenvalue weighted by Crippen LogP contribution is -2.40. The van der Waals surface area contributed by atoms with E-state index in [-0.39, 0.29) is 5.91 Å². The van der Waals surface area contributed by atoms with Crippen LogP contribution in [0.5, 0.6) is 0 Å². The molecule has 26 heavy (non-hydrogen) atoms. The molecule has 1 aliphatic heterocycles. The second-order valence-corrected chi connectivity index (χ2v) is 6.43. The zero-order valence-electron chi connectivity index (χ0n) is 14.3. The number of amides is 1. The maximum atomic E-state index is 12.6. The van der Waals surface area contributed by atoms with Gasteiger partial charge in [-0.1, -0.05) is 23.4 Å². The van der Waals surface area contributed by atoms with Gasteiger partial charge in [-0.15, -0.1) is 0 Å². The molecule has 0 spiro atoms. The highest BCUT2D eigenvalue weighted by Gasteiger charge is 2.26. The molecule has 3 aromatic rings. The Morgan fingerprint density at radius 1 is 1.23 bits per heavy atom. The molecular formula is C19H19N5O2. The van der Waals surface area contributed by atoms with Crippen LogP contribution < -0.4 is 0 Å². The molecule has 7 heteroatoms. The normalized spacial score (nSPS) is 17.2. The minimum Gasteiger partial charge on any atom is -0.339 e. The summed E-state index contributed by atoms with van der Waals surface area (Å²) in [5.74, 6) is 1.42. The van der Waals surface area contributed by atoms with Gasteiger partial charge in [0.2, 0.25) is 11.7 Å². The number of hydrogen-bond donors (Lipinski definition) is 0. The van der Waals surface area contributed by atoms with Crippen molar-refractivity contribution in [1.82, 2.24) is 25.0 Å². The fourth-order valence-electron chi connectivity index (χ4n) is 3.28. The largest absolute Gasteiger partial charge is 0.339 e. The third-order valence-corrected chi connectivity index (χ3v) is 4.55. The molecule has 0 saturated carbocycles. The quantitative estimate of drug-likeness (QED) is 0.720. The van der Waals surface area contributed by atoms with Crippen LogP contribution in [0.2, 0.25) is 0 Å². The molecule has 0 N–H and O–H groups in total. The van der Waals surface area contributed by atoms with E-state index in [1.807, 2.05) is 35.2 Å². The molecule has 132 valence electrons. The van der Waals surface area contributed by atoms with E-state index in [4.69, 9.17) is 4.52 Å². The Hall–Kier alpha value is -3.09. The molecule has 1 aromatic carbocycles. The zero-order valence-corrected chi connectivity index (χ0v) is 14.3. The lowest BCUT2D eigenvalue weighted by Gasteiger charge is -2.32. The Bertz CT molecular complexity index is 866. The number of aromatic nitrogens is 4. The van der Waals surface area contributed by atoms with E-state index in [9.17, 15) is 4.79 Å². The Morgan fingerprint density at radius 3 is 2.92 bits per heavy atom. The molecule has 1 aliphatic rings. The van der Waals surface area contributed by atoms with Crippen LogP contribution in [0.1, 0.15) is 29.1 Å². The average molecular weight is 349 g/mol. The topological polar surface area (TPSA) is 85.0 Å². The van der Waals surface area contributed by atoms with Gasteiger partial charge < -0.3 is 9.42 Å². The minimum atomic E-state index is 0.0843. The molecule has 0 bridgehead atoms. The van der Waals surface area contributed by atoms with Crippen molar-refractivity contribution in [3.63, 3.8) is 0 Å². The fraction of sp³-hybridized carbons (Fsp3) is 0.316. The Balaban J connectivity index is 1.41. The van der Waals surface area contributed by atoms with Crippen molar-refractivity contribution in [3.05, 3.63) is 60.4 Å². The van der Waals surface area contributed by atoms with Gasteiger partial charge in [0.05, 0.1) is 6.20 Å². The summed E-state index contributed by atoms with van der Waals surface area (Å²) in [6.07, 6.45) is 7.49. The first kappa shape index (κ1) is 16.4. The highest BCUT2D eigenvalue weighted by Crippen LogP contribution is 2.22. The molecule has 2 aromatic heterocycles. The molecule has 3 heterocycles. The summed E-state index contributed by atoms with van der Waals surface area (Å²) in [6, 6.07) is 9.41. The molecule has 0 aliphatic carbocycles. The lowest BCUT2D eigenvalue weighted by molar-refractivity contribution is 0.0668. The smallest absolute Gasteiger partial charge is 0.253 e. The molecule has 1 amide bonds. The van der Waals surface area contributed by atoms with Gasteiger partial charge >= 0.3 is 0 Å². The number of carbonyl (C=O) groups is 1. The Labute approximate surface area is 151 Å².